The first-order chi connectivity index (χ1) is 14.3. The number of nitrogens with zero attached hydrogens (tertiary/aromatic N) is 5. The van der Waals surface area contributed by atoms with E-state index in [2.05, 4.69) is 14.8 Å². The molecule has 29 heavy (non-hydrogen) atoms. The zero-order valence-electron chi connectivity index (χ0n) is 16.5. The molecule has 7 nitrogen and oxygen atoms in total. The average molecular weight is 391 g/mol. The number of amides is 1. The maximum atomic E-state index is 12.9. The topological polar surface area (TPSA) is 65.7 Å². The third-order valence-corrected chi connectivity index (χ3v) is 5.79. The second-order valence-electron chi connectivity index (χ2n) is 7.69. The standard InChI is InChI=1S/C22H25N5O2/c28-21(19-16-17-6-2-3-7-18(17)29-19)26-14-12-25(13-15-26)20-8-9-23-22(24-20)27-10-4-1-5-11-27/h2-3,6-9,16H,1,4-5,10-15H2. The first-order valence-electron chi connectivity index (χ1n) is 10.4. The van der Waals surface area contributed by atoms with E-state index in [9.17, 15) is 4.79 Å². The minimum Gasteiger partial charge on any atom is -0.451 e. The first-order valence-corrected chi connectivity index (χ1v) is 10.4. The number of aromatic nitrogens is 2. The molecule has 0 atom stereocenters. The molecule has 7 heteroatoms. The van der Waals surface area contributed by atoms with E-state index in [1.165, 1.54) is 19.3 Å². The van der Waals surface area contributed by atoms with Crippen LogP contribution in [0.1, 0.15) is 29.8 Å². The fraction of sp³-hybridized carbons (Fsp3) is 0.409. The summed E-state index contributed by atoms with van der Waals surface area (Å²) >= 11 is 0. The van der Waals surface area contributed by atoms with Gasteiger partial charge in [0.15, 0.2) is 5.76 Å². The highest BCUT2D eigenvalue weighted by Crippen LogP contribution is 2.22. The van der Waals surface area contributed by atoms with Crippen molar-refractivity contribution in [3.05, 3.63) is 48.4 Å². The molecule has 0 aliphatic carbocycles. The van der Waals surface area contributed by atoms with E-state index in [0.29, 0.717) is 18.8 Å². The van der Waals surface area contributed by atoms with Gasteiger partial charge in [0.05, 0.1) is 0 Å². The molecular formula is C22H25N5O2. The van der Waals surface area contributed by atoms with Crippen molar-refractivity contribution in [3.8, 4) is 0 Å². The molecule has 150 valence electrons. The summed E-state index contributed by atoms with van der Waals surface area (Å²) in [4.78, 5) is 28.5. The van der Waals surface area contributed by atoms with Gasteiger partial charge >= 0.3 is 0 Å². The van der Waals surface area contributed by atoms with Crippen LogP contribution in [0.3, 0.4) is 0 Å². The van der Waals surface area contributed by atoms with Crippen LogP contribution in [-0.2, 0) is 0 Å². The van der Waals surface area contributed by atoms with E-state index in [4.69, 9.17) is 9.40 Å². The number of carbonyl (C=O) groups is 1. The van der Waals surface area contributed by atoms with Crippen molar-refractivity contribution in [3.63, 3.8) is 0 Å². The van der Waals surface area contributed by atoms with E-state index in [0.717, 1.165) is 48.9 Å². The molecule has 0 saturated carbocycles. The second kappa shape index (κ2) is 7.73. The van der Waals surface area contributed by atoms with E-state index in [1.807, 2.05) is 47.5 Å². The van der Waals surface area contributed by atoms with Crippen molar-refractivity contribution < 1.29 is 9.21 Å². The number of hydrogen-bond acceptors (Lipinski definition) is 6. The van der Waals surface area contributed by atoms with Crippen molar-refractivity contribution in [1.29, 1.82) is 0 Å². The van der Waals surface area contributed by atoms with Crippen molar-refractivity contribution in [2.75, 3.05) is 49.1 Å². The summed E-state index contributed by atoms with van der Waals surface area (Å²) in [6.45, 7) is 4.87. The van der Waals surface area contributed by atoms with Crippen LogP contribution in [0.5, 0.6) is 0 Å². The summed E-state index contributed by atoms with van der Waals surface area (Å²) in [6, 6.07) is 11.5. The monoisotopic (exact) mass is 391 g/mol. The Balaban J connectivity index is 1.25. The fourth-order valence-corrected chi connectivity index (χ4v) is 4.14. The lowest BCUT2D eigenvalue weighted by Crippen LogP contribution is -2.49. The molecule has 4 heterocycles. The van der Waals surface area contributed by atoms with Gasteiger partial charge in [-0.3, -0.25) is 4.79 Å². The van der Waals surface area contributed by atoms with E-state index in [-0.39, 0.29) is 5.91 Å². The predicted octanol–water partition coefficient (Wildman–Crippen LogP) is 3.18. The van der Waals surface area contributed by atoms with Crippen LogP contribution in [0.4, 0.5) is 11.8 Å². The smallest absolute Gasteiger partial charge is 0.289 e. The molecule has 1 aromatic carbocycles. The Morgan fingerprint density at radius 1 is 0.897 bits per heavy atom. The molecule has 2 fully saturated rings. The summed E-state index contributed by atoms with van der Waals surface area (Å²) < 4.78 is 5.75. The van der Waals surface area contributed by atoms with Crippen molar-refractivity contribution in [2.24, 2.45) is 0 Å². The van der Waals surface area contributed by atoms with Gasteiger partial charge in [-0.05, 0) is 37.5 Å². The van der Waals surface area contributed by atoms with Crippen molar-refractivity contribution in [2.45, 2.75) is 19.3 Å². The van der Waals surface area contributed by atoms with Crippen LogP contribution in [0.15, 0.2) is 47.0 Å². The van der Waals surface area contributed by atoms with Crippen molar-refractivity contribution in [1.82, 2.24) is 14.9 Å². The maximum absolute atomic E-state index is 12.9. The molecule has 5 rings (SSSR count). The zero-order valence-corrected chi connectivity index (χ0v) is 16.5. The van der Waals surface area contributed by atoms with Crippen LogP contribution in [0.25, 0.3) is 11.0 Å². The quantitative estimate of drug-likeness (QED) is 0.683. The highest BCUT2D eigenvalue weighted by atomic mass is 16.3. The summed E-state index contributed by atoms with van der Waals surface area (Å²) in [6.07, 6.45) is 5.54. The van der Waals surface area contributed by atoms with Crippen LogP contribution in [0, 0.1) is 0 Å². The normalized spacial score (nSPS) is 17.7. The lowest BCUT2D eigenvalue weighted by atomic mass is 10.1. The number of rotatable bonds is 3. The highest BCUT2D eigenvalue weighted by molar-refractivity contribution is 5.96. The lowest BCUT2D eigenvalue weighted by molar-refractivity contribution is 0.0717. The van der Waals surface area contributed by atoms with Gasteiger partial charge in [-0.1, -0.05) is 18.2 Å². The summed E-state index contributed by atoms with van der Waals surface area (Å²) in [5, 5.41) is 0.959. The van der Waals surface area contributed by atoms with Crippen LogP contribution in [-0.4, -0.2) is 60.0 Å². The summed E-state index contributed by atoms with van der Waals surface area (Å²) in [7, 11) is 0. The highest BCUT2D eigenvalue weighted by Gasteiger charge is 2.25. The number of furan rings is 1. The lowest BCUT2D eigenvalue weighted by Gasteiger charge is -2.35. The molecule has 2 saturated heterocycles. The van der Waals surface area contributed by atoms with Crippen molar-refractivity contribution >= 4 is 28.6 Å². The fourth-order valence-electron chi connectivity index (χ4n) is 4.14. The van der Waals surface area contributed by atoms with Gasteiger partial charge in [0, 0.05) is 50.9 Å². The Morgan fingerprint density at radius 3 is 2.48 bits per heavy atom. The Kier molecular flexibility index (Phi) is 4.79. The number of fused-ring (bicyclic) bond motifs is 1. The predicted molar refractivity (Wildman–Crippen MR) is 112 cm³/mol. The number of hydrogen-bond donors (Lipinski definition) is 0. The minimum absolute atomic E-state index is 0.0439. The average Bonchev–Trinajstić information content (AvgIpc) is 3.24. The molecular weight excluding hydrogens is 366 g/mol. The van der Waals surface area contributed by atoms with E-state index in [1.54, 1.807) is 0 Å². The second-order valence-corrected chi connectivity index (χ2v) is 7.69. The largest absolute Gasteiger partial charge is 0.451 e. The Hall–Kier alpha value is -3.09. The number of benzene rings is 1. The van der Waals surface area contributed by atoms with Gasteiger partial charge in [0.1, 0.15) is 11.4 Å². The van der Waals surface area contributed by atoms with E-state index >= 15 is 0 Å². The molecule has 0 spiro atoms. The van der Waals surface area contributed by atoms with Gasteiger partial charge in [0.2, 0.25) is 5.95 Å². The minimum atomic E-state index is -0.0439. The number of anilines is 2. The molecule has 2 aromatic heterocycles. The van der Waals surface area contributed by atoms with Crippen LogP contribution >= 0.6 is 0 Å². The van der Waals surface area contributed by atoms with E-state index < -0.39 is 0 Å². The van der Waals surface area contributed by atoms with Gasteiger partial charge in [0.25, 0.3) is 5.91 Å². The maximum Gasteiger partial charge on any atom is 0.289 e. The summed E-state index contributed by atoms with van der Waals surface area (Å²) in [5.74, 6) is 2.13. The molecule has 0 N–H and O–H groups in total. The number of carbonyl (C=O) groups excluding carboxylic acids is 1. The number of piperazine rings is 1. The molecule has 0 radical (unpaired) electrons. The van der Waals surface area contributed by atoms with Gasteiger partial charge in [-0.25, -0.2) is 4.98 Å². The Morgan fingerprint density at radius 2 is 1.69 bits per heavy atom. The number of piperidine rings is 1. The Bertz CT molecular complexity index is 970. The molecule has 2 aliphatic rings. The number of para-hydroxylation sites is 1. The Labute approximate surface area is 169 Å². The molecule has 3 aromatic rings. The zero-order chi connectivity index (χ0) is 19.6. The molecule has 2 aliphatic heterocycles. The van der Waals surface area contributed by atoms with Gasteiger partial charge in [-0.2, -0.15) is 4.98 Å². The molecule has 1 amide bonds. The van der Waals surface area contributed by atoms with Gasteiger partial charge < -0.3 is 19.1 Å². The molecule has 0 unspecified atom stereocenters. The third-order valence-electron chi connectivity index (χ3n) is 5.79. The first kappa shape index (κ1) is 18.0. The summed E-state index contributed by atoms with van der Waals surface area (Å²) in [5.41, 5.74) is 0.751. The van der Waals surface area contributed by atoms with Crippen LogP contribution in [0.2, 0.25) is 0 Å². The molecule has 0 bridgehead atoms. The van der Waals surface area contributed by atoms with Gasteiger partial charge in [-0.15, -0.1) is 0 Å². The third kappa shape index (κ3) is 3.64. The SMILES string of the molecule is O=C(c1cc2ccccc2o1)N1CCN(c2ccnc(N3CCCCC3)n2)CC1. The van der Waals surface area contributed by atoms with Crippen LogP contribution < -0.4 is 9.80 Å².